The van der Waals surface area contributed by atoms with Crippen LogP contribution in [0, 0.1) is 5.82 Å². The van der Waals surface area contributed by atoms with Gasteiger partial charge in [-0.1, -0.05) is 0 Å². The molecule has 0 aromatic carbocycles. The van der Waals surface area contributed by atoms with Gasteiger partial charge in [-0.05, 0) is 19.9 Å². The van der Waals surface area contributed by atoms with E-state index < -0.39 is 18.0 Å². The molecule has 0 atom stereocenters. The van der Waals surface area contributed by atoms with E-state index in [1.807, 2.05) is 13.8 Å². The van der Waals surface area contributed by atoms with Crippen LogP contribution in [0.5, 0.6) is 0 Å². The predicted molar refractivity (Wildman–Crippen MR) is 63.6 cm³/mol. The van der Waals surface area contributed by atoms with Crippen LogP contribution in [0.3, 0.4) is 0 Å². The van der Waals surface area contributed by atoms with Crippen molar-refractivity contribution < 1.29 is 18.7 Å². The van der Waals surface area contributed by atoms with Crippen molar-refractivity contribution in [1.82, 2.24) is 10.3 Å². The van der Waals surface area contributed by atoms with E-state index in [2.05, 4.69) is 10.3 Å². The van der Waals surface area contributed by atoms with Gasteiger partial charge in [0.1, 0.15) is 0 Å². The van der Waals surface area contributed by atoms with Crippen LogP contribution in [-0.2, 0) is 9.47 Å². The van der Waals surface area contributed by atoms with Gasteiger partial charge in [0.05, 0.1) is 18.3 Å². The highest BCUT2D eigenvalue weighted by molar-refractivity contribution is 5.94. The fraction of sp³-hybridized carbons (Fsp3) is 0.500. The van der Waals surface area contributed by atoms with Crippen molar-refractivity contribution in [3.63, 3.8) is 0 Å². The molecule has 0 aliphatic rings. The number of nitrogens with zero attached hydrogens (tertiary/aromatic N) is 1. The van der Waals surface area contributed by atoms with Gasteiger partial charge in [-0.3, -0.25) is 9.78 Å². The smallest absolute Gasteiger partial charge is 0.254 e. The van der Waals surface area contributed by atoms with Gasteiger partial charge < -0.3 is 14.8 Å². The second-order valence-corrected chi connectivity index (χ2v) is 3.41. The molecule has 0 unspecified atom stereocenters. The summed E-state index contributed by atoms with van der Waals surface area (Å²) in [4.78, 5) is 15.3. The molecule has 0 aliphatic heterocycles. The average molecular weight is 256 g/mol. The minimum absolute atomic E-state index is 0.0447. The van der Waals surface area contributed by atoms with Crippen molar-refractivity contribution in [3.8, 4) is 0 Å². The van der Waals surface area contributed by atoms with E-state index in [4.69, 9.17) is 9.47 Å². The van der Waals surface area contributed by atoms with Crippen molar-refractivity contribution >= 4 is 5.91 Å². The number of rotatable bonds is 7. The van der Waals surface area contributed by atoms with Crippen molar-refractivity contribution in [3.05, 3.63) is 29.8 Å². The number of hydrogen-bond acceptors (Lipinski definition) is 4. The van der Waals surface area contributed by atoms with Crippen LogP contribution in [0.1, 0.15) is 24.2 Å². The van der Waals surface area contributed by atoms with Crippen molar-refractivity contribution in [1.29, 1.82) is 0 Å². The van der Waals surface area contributed by atoms with Crippen molar-refractivity contribution in [2.75, 3.05) is 19.8 Å². The van der Waals surface area contributed by atoms with Crippen LogP contribution < -0.4 is 5.32 Å². The Morgan fingerprint density at radius 2 is 2.11 bits per heavy atom. The Labute approximate surface area is 105 Å². The predicted octanol–water partition coefficient (Wildman–Crippen LogP) is 1.35. The lowest BCUT2D eigenvalue weighted by molar-refractivity contribution is -0.131. The van der Waals surface area contributed by atoms with Crippen LogP contribution in [0.15, 0.2) is 18.5 Å². The summed E-state index contributed by atoms with van der Waals surface area (Å²) < 4.78 is 23.8. The number of carbonyl (C=O) groups excluding carboxylic acids is 1. The van der Waals surface area contributed by atoms with Crippen LogP contribution in [0.25, 0.3) is 0 Å². The number of hydrogen-bond donors (Lipinski definition) is 1. The van der Waals surface area contributed by atoms with Gasteiger partial charge in [-0.2, -0.15) is 0 Å². The number of aromatic nitrogens is 1. The van der Waals surface area contributed by atoms with Gasteiger partial charge in [0.15, 0.2) is 12.1 Å². The maximum atomic E-state index is 13.3. The fourth-order valence-electron chi connectivity index (χ4n) is 1.37. The molecule has 0 bridgehead atoms. The first-order chi connectivity index (χ1) is 8.69. The van der Waals surface area contributed by atoms with E-state index in [0.717, 1.165) is 6.20 Å². The molecule has 6 heteroatoms. The third kappa shape index (κ3) is 4.38. The van der Waals surface area contributed by atoms with Gasteiger partial charge in [-0.15, -0.1) is 0 Å². The molecule has 1 amide bonds. The van der Waals surface area contributed by atoms with Gasteiger partial charge in [0.25, 0.3) is 5.91 Å². The van der Waals surface area contributed by atoms with E-state index in [1.54, 1.807) is 0 Å². The quantitative estimate of drug-likeness (QED) is 0.748. The topological polar surface area (TPSA) is 60.5 Å². The average Bonchev–Trinajstić information content (AvgIpc) is 2.36. The number of carbonyl (C=O) groups is 1. The minimum Gasteiger partial charge on any atom is -0.351 e. The van der Waals surface area contributed by atoms with Gasteiger partial charge in [0.2, 0.25) is 0 Å². The Bertz CT molecular complexity index is 381. The van der Waals surface area contributed by atoms with E-state index in [9.17, 15) is 9.18 Å². The summed E-state index contributed by atoms with van der Waals surface area (Å²) in [5, 5.41) is 2.55. The molecule has 0 spiro atoms. The van der Waals surface area contributed by atoms with Gasteiger partial charge in [0, 0.05) is 19.4 Å². The summed E-state index contributed by atoms with van der Waals surface area (Å²) in [6, 6.07) is 1.32. The highest BCUT2D eigenvalue weighted by atomic mass is 19.1. The molecule has 1 N–H and O–H groups in total. The Morgan fingerprint density at radius 1 is 1.44 bits per heavy atom. The summed E-state index contributed by atoms with van der Waals surface area (Å²) >= 11 is 0. The molecule has 18 heavy (non-hydrogen) atoms. The summed E-state index contributed by atoms with van der Waals surface area (Å²) in [6.07, 6.45) is 1.84. The molecule has 1 rings (SSSR count). The summed E-state index contributed by atoms with van der Waals surface area (Å²) in [7, 11) is 0. The molecule has 0 saturated carbocycles. The first kappa shape index (κ1) is 14.5. The Kier molecular flexibility index (Phi) is 6.24. The standard InChI is InChI=1S/C12H17FN2O3/c1-3-17-11(18-4-2)8-15-12(16)9-5-6-14-7-10(9)13/h5-7,11H,3-4,8H2,1-2H3,(H,15,16). The van der Waals surface area contributed by atoms with Crippen LogP contribution in [0.4, 0.5) is 4.39 Å². The van der Waals surface area contributed by atoms with E-state index in [-0.39, 0.29) is 12.1 Å². The van der Waals surface area contributed by atoms with Crippen LogP contribution in [0.2, 0.25) is 0 Å². The fourth-order valence-corrected chi connectivity index (χ4v) is 1.37. The zero-order chi connectivity index (χ0) is 13.4. The zero-order valence-corrected chi connectivity index (χ0v) is 10.5. The summed E-state index contributed by atoms with van der Waals surface area (Å²) in [5.41, 5.74) is -0.0447. The first-order valence-corrected chi connectivity index (χ1v) is 5.79. The van der Waals surface area contributed by atoms with Crippen molar-refractivity contribution in [2.45, 2.75) is 20.1 Å². The van der Waals surface area contributed by atoms with E-state index >= 15 is 0 Å². The second kappa shape index (κ2) is 7.73. The first-order valence-electron chi connectivity index (χ1n) is 5.79. The van der Waals surface area contributed by atoms with E-state index in [0.29, 0.717) is 13.2 Å². The maximum Gasteiger partial charge on any atom is 0.254 e. The molecule has 100 valence electrons. The second-order valence-electron chi connectivity index (χ2n) is 3.41. The van der Waals surface area contributed by atoms with E-state index in [1.165, 1.54) is 12.3 Å². The molecule has 0 fully saturated rings. The zero-order valence-electron chi connectivity index (χ0n) is 10.5. The Hall–Kier alpha value is -1.53. The lowest BCUT2D eigenvalue weighted by atomic mass is 10.2. The number of pyridine rings is 1. The van der Waals surface area contributed by atoms with Crippen LogP contribution in [-0.4, -0.2) is 36.9 Å². The molecular formula is C12H17FN2O3. The third-order valence-electron chi connectivity index (χ3n) is 2.15. The highest BCUT2D eigenvalue weighted by Gasteiger charge is 2.14. The summed E-state index contributed by atoms with van der Waals surface area (Å²) in [5.74, 6) is -1.17. The third-order valence-corrected chi connectivity index (χ3v) is 2.15. The Morgan fingerprint density at radius 3 is 2.67 bits per heavy atom. The molecular weight excluding hydrogens is 239 g/mol. The lowest BCUT2D eigenvalue weighted by Gasteiger charge is -2.17. The minimum atomic E-state index is -0.653. The highest BCUT2D eigenvalue weighted by Crippen LogP contribution is 2.04. The lowest BCUT2D eigenvalue weighted by Crippen LogP contribution is -2.35. The summed E-state index contributed by atoms with van der Waals surface area (Å²) in [6.45, 7) is 4.78. The monoisotopic (exact) mass is 256 g/mol. The molecule has 1 aromatic rings. The molecule has 0 saturated heterocycles. The largest absolute Gasteiger partial charge is 0.351 e. The van der Waals surface area contributed by atoms with Gasteiger partial charge in [-0.25, -0.2) is 4.39 Å². The van der Waals surface area contributed by atoms with Crippen LogP contribution >= 0.6 is 0 Å². The molecule has 1 aromatic heterocycles. The number of nitrogens with one attached hydrogen (secondary N) is 1. The Balaban J connectivity index is 2.52. The number of amides is 1. The number of ether oxygens (including phenoxy) is 2. The van der Waals surface area contributed by atoms with Crippen molar-refractivity contribution in [2.24, 2.45) is 0 Å². The molecule has 0 aliphatic carbocycles. The maximum absolute atomic E-state index is 13.3. The SMILES string of the molecule is CCOC(CNC(=O)c1ccncc1F)OCC. The molecule has 0 radical (unpaired) electrons. The molecule has 1 heterocycles. The van der Waals surface area contributed by atoms with Gasteiger partial charge >= 0.3 is 0 Å². The normalized spacial score (nSPS) is 10.7. The molecule has 5 nitrogen and oxygen atoms in total. The number of halogens is 1.